The van der Waals surface area contributed by atoms with Crippen molar-refractivity contribution < 1.29 is 23.2 Å². The average molecular weight is 270 g/mol. The first-order chi connectivity index (χ1) is 9.02. The van der Waals surface area contributed by atoms with Crippen molar-refractivity contribution in [3.63, 3.8) is 0 Å². The van der Waals surface area contributed by atoms with Crippen molar-refractivity contribution in [1.29, 1.82) is 0 Å². The molecule has 1 aromatic carbocycles. The number of nitrogens with zero attached hydrogens (tertiary/aromatic N) is 1. The molecule has 2 N–H and O–H groups in total. The molecular weight excluding hydrogens is 258 g/mol. The number of carbonyl (C=O) groups excluding carboxylic acids is 1. The van der Waals surface area contributed by atoms with Crippen molar-refractivity contribution >= 4 is 16.9 Å². The van der Waals surface area contributed by atoms with E-state index in [9.17, 15) is 13.6 Å². The molecule has 0 atom stereocenters. The minimum atomic E-state index is -3.32. The molecule has 19 heavy (non-hydrogen) atoms. The highest BCUT2D eigenvalue weighted by molar-refractivity contribution is 5.86. The van der Waals surface area contributed by atoms with Crippen molar-refractivity contribution in [3.8, 4) is 0 Å². The van der Waals surface area contributed by atoms with E-state index >= 15 is 0 Å². The molecule has 1 amide bonds. The summed E-state index contributed by atoms with van der Waals surface area (Å²) in [5, 5.41) is 14.8. The summed E-state index contributed by atoms with van der Waals surface area (Å²) in [6, 6.07) is 6.96. The highest BCUT2D eigenvalue weighted by atomic mass is 19.3. The van der Waals surface area contributed by atoms with E-state index in [1.54, 1.807) is 24.3 Å². The fourth-order valence-corrected chi connectivity index (χ4v) is 1.56. The zero-order valence-electron chi connectivity index (χ0n) is 9.90. The van der Waals surface area contributed by atoms with Crippen molar-refractivity contribution in [2.45, 2.75) is 12.3 Å². The monoisotopic (exact) mass is 270 g/mol. The number of amides is 1. The maximum absolute atomic E-state index is 12.7. The average Bonchev–Trinajstić information content (AvgIpc) is 2.80. The van der Waals surface area contributed by atoms with Crippen molar-refractivity contribution in [3.05, 3.63) is 30.0 Å². The first kappa shape index (κ1) is 13.4. The van der Waals surface area contributed by atoms with Crippen LogP contribution in [0.1, 0.15) is 5.69 Å². The fourth-order valence-electron chi connectivity index (χ4n) is 1.56. The SMILES string of the molecule is O=C(Cc1noc2ccccc12)NCC(F)(F)CO. The Kier molecular flexibility index (Phi) is 3.75. The highest BCUT2D eigenvalue weighted by Crippen LogP contribution is 2.18. The zero-order valence-corrected chi connectivity index (χ0v) is 9.90. The lowest BCUT2D eigenvalue weighted by molar-refractivity contribution is -0.123. The maximum atomic E-state index is 12.7. The first-order valence-corrected chi connectivity index (χ1v) is 5.60. The summed E-state index contributed by atoms with van der Waals surface area (Å²) in [5.74, 6) is -3.92. The van der Waals surface area contributed by atoms with Crippen molar-refractivity contribution in [2.75, 3.05) is 13.2 Å². The van der Waals surface area contributed by atoms with Gasteiger partial charge in [0.05, 0.1) is 13.0 Å². The minimum Gasteiger partial charge on any atom is -0.390 e. The number of alkyl halides is 2. The van der Waals surface area contributed by atoms with E-state index in [0.29, 0.717) is 16.7 Å². The molecule has 7 heteroatoms. The van der Waals surface area contributed by atoms with Crippen molar-refractivity contribution in [2.24, 2.45) is 0 Å². The molecule has 0 saturated heterocycles. The maximum Gasteiger partial charge on any atom is 0.287 e. The van der Waals surface area contributed by atoms with E-state index in [0.717, 1.165) is 0 Å². The second-order valence-corrected chi connectivity index (χ2v) is 4.09. The summed E-state index contributed by atoms with van der Waals surface area (Å²) >= 11 is 0. The van der Waals surface area contributed by atoms with Crippen LogP contribution in [0.2, 0.25) is 0 Å². The van der Waals surface area contributed by atoms with Crippen LogP contribution in [0.5, 0.6) is 0 Å². The van der Waals surface area contributed by atoms with Crippen LogP contribution in [-0.4, -0.2) is 35.2 Å². The van der Waals surface area contributed by atoms with E-state index in [1.165, 1.54) is 0 Å². The summed E-state index contributed by atoms with van der Waals surface area (Å²) in [7, 11) is 0. The third-order valence-electron chi connectivity index (χ3n) is 2.56. The molecule has 0 aliphatic carbocycles. The van der Waals surface area contributed by atoms with Crippen LogP contribution in [0.3, 0.4) is 0 Å². The summed E-state index contributed by atoms with van der Waals surface area (Å²) in [4.78, 5) is 11.5. The molecule has 0 radical (unpaired) electrons. The van der Waals surface area contributed by atoms with Crippen LogP contribution in [0.4, 0.5) is 8.78 Å². The predicted molar refractivity (Wildman–Crippen MR) is 62.8 cm³/mol. The second-order valence-electron chi connectivity index (χ2n) is 4.09. The number of carbonyl (C=O) groups is 1. The molecule has 1 aromatic heterocycles. The van der Waals surface area contributed by atoms with Gasteiger partial charge in [-0.2, -0.15) is 0 Å². The van der Waals surface area contributed by atoms with E-state index in [-0.39, 0.29) is 6.42 Å². The van der Waals surface area contributed by atoms with E-state index in [2.05, 4.69) is 5.16 Å². The third-order valence-corrected chi connectivity index (χ3v) is 2.56. The van der Waals surface area contributed by atoms with Gasteiger partial charge in [0, 0.05) is 5.39 Å². The molecule has 102 valence electrons. The molecule has 0 spiro atoms. The minimum absolute atomic E-state index is 0.154. The number of aliphatic hydroxyl groups is 1. The van der Waals surface area contributed by atoms with E-state index in [4.69, 9.17) is 9.63 Å². The van der Waals surface area contributed by atoms with Crippen LogP contribution in [-0.2, 0) is 11.2 Å². The Hall–Kier alpha value is -2.02. The molecule has 0 aliphatic rings. The number of benzene rings is 1. The fraction of sp³-hybridized carbons (Fsp3) is 0.333. The summed E-state index contributed by atoms with van der Waals surface area (Å²) in [6.45, 7) is -2.21. The molecule has 0 aliphatic heterocycles. The van der Waals surface area contributed by atoms with Gasteiger partial charge in [0.15, 0.2) is 5.58 Å². The lowest BCUT2D eigenvalue weighted by Crippen LogP contribution is -2.39. The second kappa shape index (κ2) is 5.31. The largest absolute Gasteiger partial charge is 0.390 e. The standard InChI is InChI=1S/C12H12F2N2O3/c13-12(14,7-17)6-15-11(18)5-9-8-3-1-2-4-10(8)19-16-9/h1-4,17H,5-7H2,(H,15,18). The van der Waals surface area contributed by atoms with Gasteiger partial charge in [-0.05, 0) is 12.1 Å². The third kappa shape index (κ3) is 3.25. The molecule has 5 nitrogen and oxygen atoms in total. The van der Waals surface area contributed by atoms with E-state index in [1.807, 2.05) is 5.32 Å². The lowest BCUT2D eigenvalue weighted by Gasteiger charge is -2.13. The number of aromatic nitrogens is 1. The first-order valence-electron chi connectivity index (χ1n) is 5.60. The summed E-state index contributed by atoms with van der Waals surface area (Å²) < 4.78 is 30.5. The number of para-hydroxylation sites is 1. The number of rotatable bonds is 5. The molecule has 1 heterocycles. The summed E-state index contributed by atoms with van der Waals surface area (Å²) in [6.07, 6.45) is -0.154. The summed E-state index contributed by atoms with van der Waals surface area (Å²) in [5.41, 5.74) is 0.923. The van der Waals surface area contributed by atoms with Crippen LogP contribution in [0, 0.1) is 0 Å². The van der Waals surface area contributed by atoms with E-state index < -0.39 is 25.0 Å². The van der Waals surface area contributed by atoms with Crippen LogP contribution in [0.25, 0.3) is 11.0 Å². The Labute approximate surface area is 107 Å². The Morgan fingerprint density at radius 2 is 2.16 bits per heavy atom. The van der Waals surface area contributed by atoms with Gasteiger partial charge in [-0.25, -0.2) is 8.78 Å². The topological polar surface area (TPSA) is 75.4 Å². The molecular formula is C12H12F2N2O3. The quantitative estimate of drug-likeness (QED) is 0.853. The van der Waals surface area contributed by atoms with Crippen LogP contribution < -0.4 is 5.32 Å². The molecule has 2 aromatic rings. The number of nitrogens with one attached hydrogen (secondary N) is 1. The Morgan fingerprint density at radius 3 is 2.89 bits per heavy atom. The van der Waals surface area contributed by atoms with Gasteiger partial charge < -0.3 is 14.9 Å². The van der Waals surface area contributed by atoms with Crippen molar-refractivity contribution in [1.82, 2.24) is 10.5 Å². The highest BCUT2D eigenvalue weighted by Gasteiger charge is 2.28. The lowest BCUT2D eigenvalue weighted by atomic mass is 10.1. The van der Waals surface area contributed by atoms with Gasteiger partial charge >= 0.3 is 0 Å². The molecule has 0 bridgehead atoms. The van der Waals surface area contributed by atoms with Gasteiger partial charge in [-0.15, -0.1) is 0 Å². The predicted octanol–water partition coefficient (Wildman–Crippen LogP) is 1.11. The van der Waals surface area contributed by atoms with Gasteiger partial charge in [0.1, 0.15) is 12.3 Å². The molecule has 0 saturated carbocycles. The van der Waals surface area contributed by atoms with Crippen LogP contribution >= 0.6 is 0 Å². The van der Waals surface area contributed by atoms with Gasteiger partial charge in [0.2, 0.25) is 5.91 Å². The number of aliphatic hydroxyl groups excluding tert-OH is 1. The molecule has 2 rings (SSSR count). The van der Waals surface area contributed by atoms with Gasteiger partial charge in [-0.3, -0.25) is 4.79 Å². The van der Waals surface area contributed by atoms with Crippen LogP contribution in [0.15, 0.2) is 28.8 Å². The Bertz CT molecular complexity index is 583. The Balaban J connectivity index is 1.99. The zero-order chi connectivity index (χ0) is 13.9. The smallest absolute Gasteiger partial charge is 0.287 e. The number of hydrogen-bond donors (Lipinski definition) is 2. The molecule has 0 unspecified atom stereocenters. The van der Waals surface area contributed by atoms with Gasteiger partial charge in [-0.1, -0.05) is 17.3 Å². The Morgan fingerprint density at radius 1 is 1.42 bits per heavy atom. The number of hydrogen-bond acceptors (Lipinski definition) is 4. The molecule has 0 fully saturated rings. The number of halogens is 2. The normalized spacial score (nSPS) is 11.7. The van der Waals surface area contributed by atoms with Gasteiger partial charge in [0.25, 0.3) is 5.92 Å². The number of fused-ring (bicyclic) bond motifs is 1.